The molecule has 1 unspecified atom stereocenters. The van der Waals surface area contributed by atoms with Crippen molar-refractivity contribution in [1.82, 2.24) is 14.9 Å². The van der Waals surface area contributed by atoms with Crippen molar-refractivity contribution in [3.8, 4) is 12.3 Å². The largest absolute Gasteiger partial charge is 0.309 e. The molecule has 0 spiro atoms. The van der Waals surface area contributed by atoms with E-state index in [1.807, 2.05) is 6.92 Å². The van der Waals surface area contributed by atoms with E-state index in [9.17, 15) is 0 Å². The van der Waals surface area contributed by atoms with Crippen molar-refractivity contribution in [1.29, 1.82) is 0 Å². The molecule has 1 aromatic rings. The molecule has 0 saturated carbocycles. The van der Waals surface area contributed by atoms with Crippen LogP contribution < -0.4 is 5.32 Å². The van der Waals surface area contributed by atoms with Crippen LogP contribution in [0.2, 0.25) is 0 Å². The second kappa shape index (κ2) is 7.37. The van der Waals surface area contributed by atoms with Crippen molar-refractivity contribution < 1.29 is 0 Å². The molecule has 0 saturated heterocycles. The third kappa shape index (κ3) is 3.92. The van der Waals surface area contributed by atoms with E-state index in [0.29, 0.717) is 6.04 Å². The summed E-state index contributed by atoms with van der Waals surface area (Å²) in [5.74, 6) is 2.68. The molecular formula is C12H19N3S. The maximum absolute atomic E-state index is 5.27. The summed E-state index contributed by atoms with van der Waals surface area (Å²) in [7, 11) is 0. The van der Waals surface area contributed by atoms with E-state index in [0.717, 1.165) is 37.9 Å². The van der Waals surface area contributed by atoms with Crippen molar-refractivity contribution in [2.24, 2.45) is 0 Å². The standard InChI is InChI=1S/C12H19N3S/c1-4-6-7-8-11(13-9-5-2)12-10(3)14-15-16-12/h1,11,13H,5-9H2,2-3H3. The quantitative estimate of drug-likeness (QED) is 0.585. The van der Waals surface area contributed by atoms with Gasteiger partial charge >= 0.3 is 0 Å². The number of rotatable bonds is 7. The number of hydrogen-bond acceptors (Lipinski definition) is 4. The number of nitrogens with one attached hydrogen (secondary N) is 1. The van der Waals surface area contributed by atoms with E-state index in [4.69, 9.17) is 6.42 Å². The van der Waals surface area contributed by atoms with Gasteiger partial charge in [-0.1, -0.05) is 11.4 Å². The number of unbranched alkanes of at least 4 members (excludes halogenated alkanes) is 1. The summed E-state index contributed by atoms with van der Waals surface area (Å²) in [6.45, 7) is 5.21. The zero-order valence-electron chi connectivity index (χ0n) is 9.99. The van der Waals surface area contributed by atoms with Crippen LogP contribution in [0.4, 0.5) is 0 Å². The van der Waals surface area contributed by atoms with E-state index in [1.165, 1.54) is 16.4 Å². The Morgan fingerprint density at radius 2 is 2.38 bits per heavy atom. The third-order valence-corrected chi connectivity index (χ3v) is 3.40. The summed E-state index contributed by atoms with van der Waals surface area (Å²) in [5, 5.41) is 7.60. The second-order valence-corrected chi connectivity index (χ2v) is 4.61. The molecule has 16 heavy (non-hydrogen) atoms. The first kappa shape index (κ1) is 13.1. The topological polar surface area (TPSA) is 37.8 Å². The zero-order valence-corrected chi connectivity index (χ0v) is 10.8. The lowest BCUT2D eigenvalue weighted by Gasteiger charge is -2.16. The Hall–Kier alpha value is -0.920. The SMILES string of the molecule is C#CCCCC(NCCC)c1snnc1C. The lowest BCUT2D eigenvalue weighted by Crippen LogP contribution is -2.22. The highest BCUT2D eigenvalue weighted by atomic mass is 32.1. The van der Waals surface area contributed by atoms with E-state index < -0.39 is 0 Å². The number of aryl methyl sites for hydroxylation is 1. The molecule has 0 aliphatic carbocycles. The highest BCUT2D eigenvalue weighted by Gasteiger charge is 2.15. The highest BCUT2D eigenvalue weighted by Crippen LogP contribution is 2.24. The maximum Gasteiger partial charge on any atom is 0.0772 e. The van der Waals surface area contributed by atoms with Crippen molar-refractivity contribution in [3.05, 3.63) is 10.6 Å². The molecule has 1 atom stereocenters. The molecule has 1 aromatic heterocycles. The molecule has 1 N–H and O–H groups in total. The van der Waals surface area contributed by atoms with Crippen molar-refractivity contribution >= 4 is 11.5 Å². The molecule has 1 heterocycles. The predicted molar refractivity (Wildman–Crippen MR) is 68.4 cm³/mol. The summed E-state index contributed by atoms with van der Waals surface area (Å²) in [6, 6.07) is 0.369. The Balaban J connectivity index is 2.57. The van der Waals surface area contributed by atoms with Crippen molar-refractivity contribution in [2.45, 2.75) is 45.6 Å². The monoisotopic (exact) mass is 237 g/mol. The predicted octanol–water partition coefficient (Wildman–Crippen LogP) is 2.69. The molecule has 1 rings (SSSR count). The fourth-order valence-corrected chi connectivity index (χ4v) is 2.36. The van der Waals surface area contributed by atoms with Gasteiger partial charge in [-0.25, -0.2) is 0 Å². The Kier molecular flexibility index (Phi) is 6.05. The molecule has 0 aromatic carbocycles. The number of hydrogen-bond donors (Lipinski definition) is 1. The molecule has 0 radical (unpaired) electrons. The molecule has 0 aliphatic heterocycles. The number of nitrogens with zero attached hydrogens (tertiary/aromatic N) is 2. The molecule has 0 bridgehead atoms. The second-order valence-electron chi connectivity index (χ2n) is 3.83. The molecule has 0 fully saturated rings. The molecule has 3 nitrogen and oxygen atoms in total. The minimum Gasteiger partial charge on any atom is -0.309 e. The van der Waals surface area contributed by atoms with Crippen LogP contribution in [0.5, 0.6) is 0 Å². The molecule has 4 heteroatoms. The minimum absolute atomic E-state index is 0.369. The van der Waals surface area contributed by atoms with Gasteiger partial charge in [0, 0.05) is 12.5 Å². The molecule has 0 aliphatic rings. The zero-order chi connectivity index (χ0) is 11.8. The van der Waals surface area contributed by atoms with Gasteiger partial charge in [-0.3, -0.25) is 0 Å². The van der Waals surface area contributed by atoms with Gasteiger partial charge in [-0.05, 0) is 44.3 Å². The average Bonchev–Trinajstić information content (AvgIpc) is 2.70. The lowest BCUT2D eigenvalue weighted by molar-refractivity contribution is 0.491. The normalized spacial score (nSPS) is 12.3. The van der Waals surface area contributed by atoms with E-state index in [1.54, 1.807) is 0 Å². The molecule has 88 valence electrons. The van der Waals surface area contributed by atoms with Crippen LogP contribution in [-0.2, 0) is 0 Å². The minimum atomic E-state index is 0.369. The Labute approximate surface area is 102 Å². The fraction of sp³-hybridized carbons (Fsp3) is 0.667. The van der Waals surface area contributed by atoms with Crippen LogP contribution >= 0.6 is 11.5 Å². The Morgan fingerprint density at radius 3 is 2.94 bits per heavy atom. The van der Waals surface area contributed by atoms with Gasteiger partial charge in [0.2, 0.25) is 0 Å². The first-order valence-electron chi connectivity index (χ1n) is 5.75. The van der Waals surface area contributed by atoms with Gasteiger partial charge in [0.25, 0.3) is 0 Å². The first-order chi connectivity index (χ1) is 7.79. The summed E-state index contributed by atoms with van der Waals surface area (Å²) >= 11 is 1.49. The Morgan fingerprint density at radius 1 is 1.56 bits per heavy atom. The van der Waals surface area contributed by atoms with Gasteiger partial charge in [0.05, 0.1) is 10.6 Å². The van der Waals surface area contributed by atoms with E-state index >= 15 is 0 Å². The Bertz CT molecular complexity index is 340. The molecule has 0 amide bonds. The number of terminal acetylenes is 1. The average molecular weight is 237 g/mol. The van der Waals surface area contributed by atoms with Crippen LogP contribution in [0.3, 0.4) is 0 Å². The van der Waals surface area contributed by atoms with Gasteiger partial charge < -0.3 is 5.32 Å². The van der Waals surface area contributed by atoms with Gasteiger partial charge in [-0.2, -0.15) is 0 Å². The third-order valence-electron chi connectivity index (χ3n) is 2.46. The van der Waals surface area contributed by atoms with Gasteiger partial charge in [-0.15, -0.1) is 17.4 Å². The van der Waals surface area contributed by atoms with Crippen molar-refractivity contribution in [3.63, 3.8) is 0 Å². The van der Waals surface area contributed by atoms with Gasteiger partial charge in [0.1, 0.15) is 0 Å². The summed E-state index contributed by atoms with van der Waals surface area (Å²) in [4.78, 5) is 1.26. The first-order valence-corrected chi connectivity index (χ1v) is 6.52. The van der Waals surface area contributed by atoms with Crippen LogP contribution in [-0.4, -0.2) is 16.1 Å². The number of aromatic nitrogens is 2. The summed E-state index contributed by atoms with van der Waals surface area (Å²) < 4.78 is 3.99. The smallest absolute Gasteiger partial charge is 0.0772 e. The highest BCUT2D eigenvalue weighted by molar-refractivity contribution is 7.05. The van der Waals surface area contributed by atoms with Crippen LogP contribution in [0.25, 0.3) is 0 Å². The van der Waals surface area contributed by atoms with Crippen LogP contribution in [0.15, 0.2) is 0 Å². The summed E-state index contributed by atoms with van der Waals surface area (Å²) in [5.41, 5.74) is 1.04. The van der Waals surface area contributed by atoms with Gasteiger partial charge in [0.15, 0.2) is 0 Å². The summed E-state index contributed by atoms with van der Waals surface area (Å²) in [6.07, 6.45) is 9.36. The lowest BCUT2D eigenvalue weighted by atomic mass is 10.1. The molecular weight excluding hydrogens is 218 g/mol. The van der Waals surface area contributed by atoms with Crippen LogP contribution in [0.1, 0.15) is 49.2 Å². The van der Waals surface area contributed by atoms with Crippen LogP contribution in [0, 0.1) is 19.3 Å². The fourth-order valence-electron chi connectivity index (χ4n) is 1.61. The van der Waals surface area contributed by atoms with E-state index in [-0.39, 0.29) is 0 Å². The van der Waals surface area contributed by atoms with Crippen molar-refractivity contribution in [2.75, 3.05) is 6.54 Å². The maximum atomic E-state index is 5.27. The van der Waals surface area contributed by atoms with E-state index in [2.05, 4.69) is 27.7 Å².